The molecule has 148 valence electrons. The van der Waals surface area contributed by atoms with Crippen molar-refractivity contribution in [3.63, 3.8) is 0 Å². The minimum Gasteiger partial charge on any atom is -0.465 e. The molecule has 7 nitrogen and oxygen atoms in total. The molecule has 0 spiro atoms. The van der Waals surface area contributed by atoms with Crippen LogP contribution in [0.2, 0.25) is 0 Å². The second-order valence-corrected chi connectivity index (χ2v) is 6.79. The van der Waals surface area contributed by atoms with E-state index in [1.807, 2.05) is 12.1 Å². The van der Waals surface area contributed by atoms with Crippen molar-refractivity contribution in [3.05, 3.63) is 59.3 Å². The fourth-order valence-corrected chi connectivity index (χ4v) is 3.17. The number of methoxy groups -OCH3 is 1. The standard InChI is InChI=1S/C21H26N4O3/c1-28-20(26)18-7-5-16(6-8-18)14-23-21(27)24-15-17-9-10-22-19(13-17)25-11-3-2-4-12-25/h5-10,13H,2-4,11-12,14-15H2,1H3,(H2,23,24,27). The second-order valence-electron chi connectivity index (χ2n) is 6.79. The Morgan fingerprint density at radius 2 is 1.68 bits per heavy atom. The van der Waals surface area contributed by atoms with Gasteiger partial charge in [-0.15, -0.1) is 0 Å². The summed E-state index contributed by atoms with van der Waals surface area (Å²) in [4.78, 5) is 30.3. The molecule has 2 N–H and O–H groups in total. The van der Waals surface area contributed by atoms with Crippen molar-refractivity contribution in [1.82, 2.24) is 15.6 Å². The third-order valence-corrected chi connectivity index (χ3v) is 4.77. The van der Waals surface area contributed by atoms with Crippen LogP contribution in [-0.2, 0) is 17.8 Å². The summed E-state index contributed by atoms with van der Waals surface area (Å²) in [6.07, 6.45) is 5.48. The quantitative estimate of drug-likeness (QED) is 0.751. The van der Waals surface area contributed by atoms with Crippen LogP contribution in [0.5, 0.6) is 0 Å². The fourth-order valence-electron chi connectivity index (χ4n) is 3.17. The molecule has 1 aromatic heterocycles. The number of ether oxygens (including phenoxy) is 1. The van der Waals surface area contributed by atoms with Gasteiger partial charge in [0.15, 0.2) is 0 Å². The molecule has 1 fully saturated rings. The van der Waals surface area contributed by atoms with E-state index in [9.17, 15) is 9.59 Å². The summed E-state index contributed by atoms with van der Waals surface area (Å²) >= 11 is 0. The predicted octanol–water partition coefficient (Wildman–Crippen LogP) is 2.86. The van der Waals surface area contributed by atoms with Crippen LogP contribution >= 0.6 is 0 Å². The first-order valence-corrected chi connectivity index (χ1v) is 9.54. The number of nitrogens with one attached hydrogen (secondary N) is 2. The van der Waals surface area contributed by atoms with E-state index >= 15 is 0 Å². The van der Waals surface area contributed by atoms with Crippen molar-refractivity contribution in [2.75, 3.05) is 25.1 Å². The molecule has 0 bridgehead atoms. The van der Waals surface area contributed by atoms with Crippen LogP contribution in [-0.4, -0.2) is 37.2 Å². The molecule has 0 radical (unpaired) electrons. The van der Waals surface area contributed by atoms with Crippen LogP contribution in [0.4, 0.5) is 10.6 Å². The maximum absolute atomic E-state index is 12.1. The normalized spacial score (nSPS) is 13.7. The largest absolute Gasteiger partial charge is 0.465 e. The molecule has 3 rings (SSSR count). The first kappa shape index (κ1) is 19.7. The Labute approximate surface area is 165 Å². The van der Waals surface area contributed by atoms with Gasteiger partial charge in [-0.2, -0.15) is 0 Å². The van der Waals surface area contributed by atoms with Crippen LogP contribution in [0.1, 0.15) is 40.7 Å². The molecule has 1 aliphatic rings. The molecule has 2 heterocycles. The van der Waals surface area contributed by atoms with Gasteiger partial charge in [-0.25, -0.2) is 14.6 Å². The average molecular weight is 382 g/mol. The highest BCUT2D eigenvalue weighted by Gasteiger charge is 2.12. The zero-order valence-electron chi connectivity index (χ0n) is 16.1. The third kappa shape index (κ3) is 5.45. The summed E-state index contributed by atoms with van der Waals surface area (Å²) < 4.78 is 4.67. The van der Waals surface area contributed by atoms with Crippen molar-refractivity contribution in [1.29, 1.82) is 0 Å². The minimum absolute atomic E-state index is 0.242. The molecule has 2 aromatic rings. The number of carbonyl (C=O) groups excluding carboxylic acids is 2. The molecule has 2 amide bonds. The number of esters is 1. The Bertz CT molecular complexity index is 802. The SMILES string of the molecule is COC(=O)c1ccc(CNC(=O)NCc2ccnc(N3CCCCC3)c2)cc1. The number of pyridine rings is 1. The highest BCUT2D eigenvalue weighted by atomic mass is 16.5. The molecule has 0 aliphatic carbocycles. The van der Waals surface area contributed by atoms with Crippen molar-refractivity contribution >= 4 is 17.8 Å². The molecule has 1 aliphatic heterocycles. The molecule has 0 saturated carbocycles. The first-order chi connectivity index (χ1) is 13.7. The Morgan fingerprint density at radius 3 is 2.36 bits per heavy atom. The Morgan fingerprint density at radius 1 is 1.00 bits per heavy atom. The topological polar surface area (TPSA) is 83.6 Å². The minimum atomic E-state index is -0.376. The highest BCUT2D eigenvalue weighted by molar-refractivity contribution is 5.89. The van der Waals surface area contributed by atoms with E-state index in [1.54, 1.807) is 30.5 Å². The summed E-state index contributed by atoms with van der Waals surface area (Å²) in [5.74, 6) is 0.601. The van der Waals surface area contributed by atoms with Gasteiger partial charge in [0.1, 0.15) is 5.82 Å². The first-order valence-electron chi connectivity index (χ1n) is 9.54. The fraction of sp³-hybridized carbons (Fsp3) is 0.381. The van der Waals surface area contributed by atoms with E-state index in [0.29, 0.717) is 18.7 Å². The molecule has 1 aromatic carbocycles. The van der Waals surface area contributed by atoms with Crippen LogP contribution in [0, 0.1) is 0 Å². The zero-order valence-corrected chi connectivity index (χ0v) is 16.1. The van der Waals surface area contributed by atoms with E-state index < -0.39 is 0 Å². The van der Waals surface area contributed by atoms with Crippen LogP contribution in [0.25, 0.3) is 0 Å². The molecule has 1 saturated heterocycles. The van der Waals surface area contributed by atoms with Gasteiger partial charge in [-0.1, -0.05) is 12.1 Å². The van der Waals surface area contributed by atoms with Gasteiger partial charge in [-0.3, -0.25) is 0 Å². The van der Waals surface area contributed by atoms with E-state index in [-0.39, 0.29) is 12.0 Å². The Balaban J connectivity index is 1.46. The van der Waals surface area contributed by atoms with Gasteiger partial charge in [0.05, 0.1) is 12.7 Å². The maximum Gasteiger partial charge on any atom is 0.337 e. The summed E-state index contributed by atoms with van der Waals surface area (Å²) in [5.41, 5.74) is 2.41. The number of hydrogen-bond donors (Lipinski definition) is 2. The van der Waals surface area contributed by atoms with E-state index in [0.717, 1.165) is 30.0 Å². The summed E-state index contributed by atoms with van der Waals surface area (Å²) in [7, 11) is 1.35. The van der Waals surface area contributed by atoms with Crippen molar-refractivity contribution in [2.45, 2.75) is 32.4 Å². The van der Waals surface area contributed by atoms with E-state index in [4.69, 9.17) is 0 Å². The van der Waals surface area contributed by atoms with Crippen molar-refractivity contribution in [3.8, 4) is 0 Å². The lowest BCUT2D eigenvalue weighted by Crippen LogP contribution is -2.34. The number of urea groups is 1. The number of rotatable bonds is 6. The van der Waals surface area contributed by atoms with Crippen molar-refractivity contribution < 1.29 is 14.3 Å². The number of aromatic nitrogens is 1. The third-order valence-electron chi connectivity index (χ3n) is 4.77. The number of carbonyl (C=O) groups is 2. The molecular weight excluding hydrogens is 356 g/mol. The summed E-state index contributed by atoms with van der Waals surface area (Å²) in [6.45, 7) is 2.90. The number of amides is 2. The van der Waals surface area contributed by atoms with Gasteiger partial charge < -0.3 is 20.3 Å². The van der Waals surface area contributed by atoms with E-state index in [2.05, 4.69) is 25.3 Å². The van der Waals surface area contributed by atoms with Crippen LogP contribution in [0.15, 0.2) is 42.6 Å². The summed E-state index contributed by atoms with van der Waals surface area (Å²) in [5, 5.41) is 5.69. The van der Waals surface area contributed by atoms with Gasteiger partial charge in [-0.05, 0) is 54.7 Å². The van der Waals surface area contributed by atoms with E-state index in [1.165, 1.54) is 26.4 Å². The van der Waals surface area contributed by atoms with Gasteiger partial charge in [0.25, 0.3) is 0 Å². The highest BCUT2D eigenvalue weighted by Crippen LogP contribution is 2.18. The van der Waals surface area contributed by atoms with Crippen molar-refractivity contribution in [2.24, 2.45) is 0 Å². The summed E-state index contributed by atoms with van der Waals surface area (Å²) in [6, 6.07) is 10.7. The van der Waals surface area contributed by atoms with Gasteiger partial charge in [0, 0.05) is 32.4 Å². The maximum atomic E-state index is 12.1. The van der Waals surface area contributed by atoms with Crippen LogP contribution < -0.4 is 15.5 Å². The lowest BCUT2D eigenvalue weighted by molar-refractivity contribution is 0.0600. The number of nitrogens with zero attached hydrogens (tertiary/aromatic N) is 2. The average Bonchev–Trinajstić information content (AvgIpc) is 2.77. The smallest absolute Gasteiger partial charge is 0.337 e. The Kier molecular flexibility index (Phi) is 6.84. The number of hydrogen-bond acceptors (Lipinski definition) is 5. The molecular formula is C21H26N4O3. The lowest BCUT2D eigenvalue weighted by Gasteiger charge is -2.27. The predicted molar refractivity (Wildman–Crippen MR) is 107 cm³/mol. The number of piperidine rings is 1. The lowest BCUT2D eigenvalue weighted by atomic mass is 10.1. The van der Waals surface area contributed by atoms with Gasteiger partial charge >= 0.3 is 12.0 Å². The molecule has 7 heteroatoms. The monoisotopic (exact) mass is 382 g/mol. The molecule has 28 heavy (non-hydrogen) atoms. The number of benzene rings is 1. The van der Waals surface area contributed by atoms with Crippen LogP contribution in [0.3, 0.4) is 0 Å². The second kappa shape index (κ2) is 9.73. The zero-order chi connectivity index (χ0) is 19.8. The Hall–Kier alpha value is -3.09. The van der Waals surface area contributed by atoms with Gasteiger partial charge in [0.2, 0.25) is 0 Å². The molecule has 0 atom stereocenters. The number of anilines is 1. The molecule has 0 unspecified atom stereocenters.